The van der Waals surface area contributed by atoms with Crippen LogP contribution in [-0.4, -0.2) is 47.8 Å². The van der Waals surface area contributed by atoms with E-state index in [1.165, 1.54) is 0 Å². The van der Waals surface area contributed by atoms with Crippen molar-refractivity contribution in [1.29, 1.82) is 0 Å². The van der Waals surface area contributed by atoms with Crippen molar-refractivity contribution in [1.82, 2.24) is 5.43 Å². The summed E-state index contributed by atoms with van der Waals surface area (Å²) in [6.07, 6.45) is 1.35. The van der Waals surface area contributed by atoms with E-state index < -0.39 is 26.1 Å². The molecule has 0 fully saturated rings. The van der Waals surface area contributed by atoms with Gasteiger partial charge in [-0.2, -0.15) is 5.10 Å². The van der Waals surface area contributed by atoms with Gasteiger partial charge < -0.3 is 4.74 Å². The average Bonchev–Trinajstić information content (AvgIpc) is 2.62. The van der Waals surface area contributed by atoms with E-state index in [0.717, 1.165) is 12.5 Å². The van der Waals surface area contributed by atoms with Crippen molar-refractivity contribution in [2.45, 2.75) is 6.92 Å². The molecule has 0 aliphatic heterocycles. The van der Waals surface area contributed by atoms with E-state index in [1.54, 1.807) is 55.5 Å². The largest absolute Gasteiger partial charge is 0.449 e. The molecule has 0 bridgehead atoms. The number of carbonyl (C=O) groups excluding carboxylic acids is 1. The maximum Gasteiger partial charge on any atom is 0.427 e. The highest BCUT2D eigenvalue weighted by Gasteiger charge is 2.11. The van der Waals surface area contributed by atoms with Gasteiger partial charge in [0.05, 0.1) is 24.8 Å². The van der Waals surface area contributed by atoms with E-state index in [2.05, 4.69) is 20.0 Å². The monoisotopic (exact) mass is 454 g/mol. The Morgan fingerprint density at radius 3 is 1.57 bits per heavy atom. The van der Waals surface area contributed by atoms with Gasteiger partial charge in [0.2, 0.25) is 20.0 Å². The summed E-state index contributed by atoms with van der Waals surface area (Å²) in [6, 6.07) is 12.7. The van der Waals surface area contributed by atoms with Gasteiger partial charge in [-0.25, -0.2) is 27.1 Å². The number of hydrogen-bond acceptors (Lipinski definition) is 7. The number of nitrogens with zero attached hydrogens (tertiary/aromatic N) is 1. The highest BCUT2D eigenvalue weighted by molar-refractivity contribution is 7.92. The number of hydrazone groups is 1. The van der Waals surface area contributed by atoms with Gasteiger partial charge in [0, 0.05) is 22.5 Å². The van der Waals surface area contributed by atoms with Gasteiger partial charge in [-0.1, -0.05) is 24.3 Å². The van der Waals surface area contributed by atoms with E-state index >= 15 is 0 Å². The van der Waals surface area contributed by atoms with E-state index in [4.69, 9.17) is 4.74 Å². The summed E-state index contributed by atoms with van der Waals surface area (Å²) in [4.78, 5) is 11.6. The summed E-state index contributed by atoms with van der Waals surface area (Å²) in [5.41, 5.74) is 4.54. The van der Waals surface area contributed by atoms with Crippen LogP contribution in [0.25, 0.3) is 0 Å². The quantitative estimate of drug-likeness (QED) is 0.411. The molecule has 162 valence electrons. The third-order valence-electron chi connectivity index (χ3n) is 3.46. The normalized spacial score (nSPS) is 11.3. The summed E-state index contributed by atoms with van der Waals surface area (Å²) in [5, 5.41) is 4.11. The lowest BCUT2D eigenvalue weighted by atomic mass is 10.0. The number of hydrogen-bond donors (Lipinski definition) is 3. The Morgan fingerprint density at radius 1 is 0.833 bits per heavy atom. The number of sulfonamides is 2. The molecule has 0 atom stereocenters. The molecular weight excluding hydrogens is 432 g/mol. The molecule has 10 nitrogen and oxygen atoms in total. The van der Waals surface area contributed by atoms with Crippen molar-refractivity contribution in [2.24, 2.45) is 5.10 Å². The SMILES string of the molecule is CCOC(=O)NN=C(c1ccc(NS(C)(=O)=O)cc1)c1ccc(NS(C)(=O)=O)cc1. The Balaban J connectivity index is 2.37. The van der Waals surface area contributed by atoms with Crippen LogP contribution in [0.5, 0.6) is 0 Å². The minimum Gasteiger partial charge on any atom is -0.449 e. The fourth-order valence-corrected chi connectivity index (χ4v) is 3.51. The van der Waals surface area contributed by atoms with Gasteiger partial charge in [0.25, 0.3) is 0 Å². The number of nitrogens with one attached hydrogen (secondary N) is 3. The van der Waals surface area contributed by atoms with Crippen molar-refractivity contribution < 1.29 is 26.4 Å². The van der Waals surface area contributed by atoms with Crippen molar-refractivity contribution >= 4 is 43.2 Å². The Hall–Kier alpha value is -3.12. The molecule has 0 saturated carbocycles. The summed E-state index contributed by atoms with van der Waals surface area (Å²) < 4.78 is 55.0. The summed E-state index contributed by atoms with van der Waals surface area (Å²) in [7, 11) is -6.84. The van der Waals surface area contributed by atoms with Gasteiger partial charge >= 0.3 is 6.09 Å². The molecule has 3 N–H and O–H groups in total. The Morgan fingerprint density at radius 2 is 1.23 bits per heavy atom. The van der Waals surface area contributed by atoms with Crippen LogP contribution >= 0.6 is 0 Å². The first-order chi connectivity index (χ1) is 14.0. The average molecular weight is 455 g/mol. The van der Waals surface area contributed by atoms with E-state index in [0.29, 0.717) is 28.2 Å². The zero-order valence-corrected chi connectivity index (χ0v) is 18.2. The van der Waals surface area contributed by atoms with Crippen molar-refractivity contribution in [3.63, 3.8) is 0 Å². The summed E-state index contributed by atoms with van der Waals surface area (Å²) >= 11 is 0. The van der Waals surface area contributed by atoms with Gasteiger partial charge in [-0.3, -0.25) is 9.44 Å². The second-order valence-electron chi connectivity index (χ2n) is 6.20. The standard InChI is InChI=1S/C18H22N4O6S2/c1-4-28-18(23)20-19-17(13-5-9-15(10-6-13)21-29(2,24)25)14-7-11-16(12-8-14)22-30(3,26)27/h5-12,21-22H,4H2,1-3H3,(H,20,23). The van der Waals surface area contributed by atoms with Crippen LogP contribution in [-0.2, 0) is 24.8 Å². The van der Waals surface area contributed by atoms with E-state index in [1.807, 2.05) is 0 Å². The maximum atomic E-state index is 11.6. The second-order valence-corrected chi connectivity index (χ2v) is 9.69. The first kappa shape index (κ1) is 23.2. The Labute approximate surface area is 175 Å². The minimum absolute atomic E-state index is 0.175. The molecule has 12 heteroatoms. The molecule has 0 aliphatic rings. The molecule has 0 radical (unpaired) electrons. The number of ether oxygens (including phenoxy) is 1. The van der Waals surface area contributed by atoms with Crippen molar-refractivity contribution in [3.05, 3.63) is 59.7 Å². The lowest BCUT2D eigenvalue weighted by molar-refractivity contribution is 0.152. The molecule has 0 aromatic heterocycles. The van der Waals surface area contributed by atoms with Gasteiger partial charge in [-0.05, 0) is 31.2 Å². The maximum absolute atomic E-state index is 11.6. The number of rotatable bonds is 8. The second kappa shape index (κ2) is 9.59. The zero-order valence-electron chi connectivity index (χ0n) is 16.5. The number of benzene rings is 2. The van der Waals surface area contributed by atoms with E-state index in [-0.39, 0.29) is 6.61 Å². The summed E-state index contributed by atoms with van der Waals surface area (Å²) in [5.74, 6) is 0. The molecule has 0 aliphatic carbocycles. The predicted octanol–water partition coefficient (Wildman–Crippen LogP) is 1.93. The Kier molecular flexibility index (Phi) is 7.40. The summed E-state index contributed by atoms with van der Waals surface area (Å²) in [6.45, 7) is 1.83. The van der Waals surface area contributed by atoms with Crippen LogP contribution in [0.4, 0.5) is 16.2 Å². The van der Waals surface area contributed by atoms with Crippen LogP contribution in [0.15, 0.2) is 53.6 Å². The van der Waals surface area contributed by atoms with Crippen LogP contribution in [0, 0.1) is 0 Å². The fraction of sp³-hybridized carbons (Fsp3) is 0.222. The molecule has 2 aromatic rings. The Bertz CT molecular complexity index is 1050. The fourth-order valence-electron chi connectivity index (χ4n) is 2.38. The van der Waals surface area contributed by atoms with Crippen LogP contribution in [0.2, 0.25) is 0 Å². The molecule has 0 heterocycles. The highest BCUT2D eigenvalue weighted by Crippen LogP contribution is 2.18. The highest BCUT2D eigenvalue weighted by atomic mass is 32.2. The zero-order chi connectivity index (χ0) is 22.4. The van der Waals surface area contributed by atoms with Crippen LogP contribution < -0.4 is 14.9 Å². The molecule has 1 amide bonds. The third-order valence-corrected chi connectivity index (χ3v) is 4.67. The third kappa shape index (κ3) is 7.72. The molecule has 30 heavy (non-hydrogen) atoms. The van der Waals surface area contributed by atoms with Crippen molar-refractivity contribution in [2.75, 3.05) is 28.6 Å². The van der Waals surface area contributed by atoms with E-state index in [9.17, 15) is 21.6 Å². The van der Waals surface area contributed by atoms with Crippen molar-refractivity contribution in [3.8, 4) is 0 Å². The van der Waals surface area contributed by atoms with Gasteiger partial charge in [0.1, 0.15) is 0 Å². The topological polar surface area (TPSA) is 143 Å². The first-order valence-electron chi connectivity index (χ1n) is 8.64. The molecule has 2 aromatic carbocycles. The smallest absolute Gasteiger partial charge is 0.427 e. The number of carbonyl (C=O) groups is 1. The number of amides is 1. The molecule has 0 spiro atoms. The molecule has 2 rings (SSSR count). The first-order valence-corrected chi connectivity index (χ1v) is 12.4. The predicted molar refractivity (Wildman–Crippen MR) is 116 cm³/mol. The van der Waals surface area contributed by atoms with Crippen LogP contribution in [0.1, 0.15) is 18.1 Å². The van der Waals surface area contributed by atoms with Crippen LogP contribution in [0.3, 0.4) is 0 Å². The molecular formula is C18H22N4O6S2. The lowest BCUT2D eigenvalue weighted by Crippen LogP contribution is -2.21. The lowest BCUT2D eigenvalue weighted by Gasteiger charge is -2.11. The number of anilines is 2. The minimum atomic E-state index is -3.42. The van der Waals surface area contributed by atoms with Gasteiger partial charge in [0.15, 0.2) is 0 Å². The molecule has 0 unspecified atom stereocenters. The van der Waals surface area contributed by atoms with Gasteiger partial charge in [-0.15, -0.1) is 0 Å². The molecule has 0 saturated heterocycles.